The van der Waals surface area contributed by atoms with Gasteiger partial charge in [0.2, 0.25) is 11.8 Å². The maximum Gasteiger partial charge on any atom is 0.303 e. The van der Waals surface area contributed by atoms with Crippen LogP contribution in [0.4, 0.5) is 0 Å². The number of aliphatic hydroxyl groups is 3. The third kappa shape index (κ3) is 8.31. The van der Waals surface area contributed by atoms with Gasteiger partial charge in [0.1, 0.15) is 43.1 Å². The molecule has 0 spiro atoms. The monoisotopic (exact) mass is 550 g/mol. The molecule has 0 aromatic carbocycles. The molecule has 2 saturated heterocycles. The fourth-order valence-electron chi connectivity index (χ4n) is 4.20. The Kier molecular flexibility index (Phi) is 11.4. The zero-order chi connectivity index (χ0) is 28.7. The van der Waals surface area contributed by atoms with E-state index in [0.717, 1.165) is 34.6 Å². The second-order valence-corrected chi connectivity index (χ2v) is 8.79. The van der Waals surface area contributed by atoms with Gasteiger partial charge in [-0.1, -0.05) is 0 Å². The van der Waals surface area contributed by atoms with Gasteiger partial charge in [-0.25, -0.2) is 0 Å². The Balaban J connectivity index is 2.50. The molecular weight excluding hydrogens is 516 g/mol. The summed E-state index contributed by atoms with van der Waals surface area (Å²) in [6.45, 7) is 4.33. The average molecular weight is 551 g/mol. The van der Waals surface area contributed by atoms with Crippen molar-refractivity contribution in [2.45, 2.75) is 95.9 Å². The summed E-state index contributed by atoms with van der Waals surface area (Å²) in [7, 11) is 0. The van der Waals surface area contributed by atoms with Crippen molar-refractivity contribution in [1.82, 2.24) is 10.6 Å². The molecule has 2 heterocycles. The minimum absolute atomic E-state index is 0.488. The summed E-state index contributed by atoms with van der Waals surface area (Å²) in [6.07, 6.45) is -11.8. The fraction of sp³-hybridized carbons (Fsp3) is 0.773. The van der Waals surface area contributed by atoms with Crippen LogP contribution in [-0.4, -0.2) is 120 Å². The molecule has 2 fully saturated rings. The third-order valence-corrected chi connectivity index (χ3v) is 5.60. The first-order valence-corrected chi connectivity index (χ1v) is 11.7. The zero-order valence-electron chi connectivity index (χ0n) is 21.5. The van der Waals surface area contributed by atoms with Gasteiger partial charge in [0.25, 0.3) is 0 Å². The number of rotatable bonds is 9. The standard InChI is InChI=1S/C22H34N2O14/c1-8(26)23-15-17(31)18(13(6-25)36-21(15)32)38-22-16(24-9(2)27)20(35-12(5)30)19(34-11(4)29)14(37-22)7-33-10(3)28/h13-22,25,31-32H,6-7H2,1-5H3,(H,23,26)(H,24,27). The lowest BCUT2D eigenvalue weighted by atomic mass is 9.94. The summed E-state index contributed by atoms with van der Waals surface area (Å²) in [5.74, 6) is -3.56. The van der Waals surface area contributed by atoms with Gasteiger partial charge in [0.05, 0.1) is 6.61 Å². The molecule has 16 heteroatoms. The SMILES string of the molecule is CC(=O)NC1C(O)OC(CO)C(OC2OC(COC(C)=O)C(OC(C)=O)C(OC(C)=O)C2NC(C)=O)C1O. The van der Waals surface area contributed by atoms with Crippen LogP contribution in [0.25, 0.3) is 0 Å². The van der Waals surface area contributed by atoms with Gasteiger partial charge in [-0.05, 0) is 0 Å². The molecule has 0 radical (unpaired) electrons. The first-order valence-electron chi connectivity index (χ1n) is 11.7. The van der Waals surface area contributed by atoms with Gasteiger partial charge < -0.3 is 54.4 Å². The second kappa shape index (κ2) is 13.8. The largest absolute Gasteiger partial charge is 0.463 e. The Hall–Kier alpha value is -2.89. The highest BCUT2D eigenvalue weighted by Gasteiger charge is 2.54. The molecule has 0 saturated carbocycles. The van der Waals surface area contributed by atoms with Gasteiger partial charge in [0, 0.05) is 34.6 Å². The summed E-state index contributed by atoms with van der Waals surface area (Å²) in [4.78, 5) is 58.9. The van der Waals surface area contributed by atoms with E-state index in [1.165, 1.54) is 0 Å². The van der Waals surface area contributed by atoms with E-state index in [-0.39, 0.29) is 0 Å². The number of carbonyl (C=O) groups is 5. The van der Waals surface area contributed by atoms with Gasteiger partial charge in [-0.3, -0.25) is 24.0 Å². The average Bonchev–Trinajstić information content (AvgIpc) is 2.79. The Morgan fingerprint density at radius 1 is 0.737 bits per heavy atom. The first-order chi connectivity index (χ1) is 17.7. The van der Waals surface area contributed by atoms with Crippen LogP contribution in [0, 0.1) is 0 Å². The maximum atomic E-state index is 12.1. The van der Waals surface area contributed by atoms with Crippen LogP contribution >= 0.6 is 0 Å². The summed E-state index contributed by atoms with van der Waals surface area (Å²) in [5.41, 5.74) is 0. The van der Waals surface area contributed by atoms with E-state index in [4.69, 9.17) is 28.4 Å². The van der Waals surface area contributed by atoms with Gasteiger partial charge in [-0.2, -0.15) is 0 Å². The number of aliphatic hydroxyl groups excluding tert-OH is 3. The topological polar surface area (TPSA) is 225 Å². The second-order valence-electron chi connectivity index (χ2n) is 8.79. The fourth-order valence-corrected chi connectivity index (χ4v) is 4.20. The van der Waals surface area contributed by atoms with Crippen molar-refractivity contribution < 1.29 is 67.7 Å². The van der Waals surface area contributed by atoms with E-state index in [2.05, 4.69) is 10.6 Å². The van der Waals surface area contributed by atoms with E-state index >= 15 is 0 Å². The third-order valence-electron chi connectivity index (χ3n) is 5.60. The summed E-state index contributed by atoms with van der Waals surface area (Å²) >= 11 is 0. The first kappa shape index (κ1) is 31.3. The summed E-state index contributed by atoms with van der Waals surface area (Å²) in [5, 5.41) is 35.7. The van der Waals surface area contributed by atoms with Gasteiger partial charge in [0.15, 0.2) is 24.8 Å². The van der Waals surface area contributed by atoms with Crippen LogP contribution in [0.3, 0.4) is 0 Å². The molecule has 16 nitrogen and oxygen atoms in total. The predicted molar refractivity (Wildman–Crippen MR) is 120 cm³/mol. The lowest BCUT2D eigenvalue weighted by Gasteiger charge is -2.48. The molecule has 0 bridgehead atoms. The minimum Gasteiger partial charge on any atom is -0.463 e. The number of hydrogen-bond donors (Lipinski definition) is 5. The molecule has 0 aliphatic carbocycles. The van der Waals surface area contributed by atoms with Crippen LogP contribution in [-0.2, 0) is 52.4 Å². The molecule has 10 atom stereocenters. The Morgan fingerprint density at radius 3 is 1.79 bits per heavy atom. The lowest BCUT2D eigenvalue weighted by Crippen LogP contribution is -2.70. The van der Waals surface area contributed by atoms with Crippen LogP contribution in [0.1, 0.15) is 34.6 Å². The Morgan fingerprint density at radius 2 is 1.29 bits per heavy atom. The van der Waals surface area contributed by atoms with E-state index in [1.807, 2.05) is 0 Å². The van der Waals surface area contributed by atoms with Crippen LogP contribution in [0.5, 0.6) is 0 Å². The highest BCUT2D eigenvalue weighted by atomic mass is 16.7. The molecule has 2 amide bonds. The molecule has 2 aliphatic heterocycles. The van der Waals surface area contributed by atoms with Crippen molar-refractivity contribution in [3.8, 4) is 0 Å². The zero-order valence-corrected chi connectivity index (χ0v) is 21.5. The van der Waals surface area contributed by atoms with Crippen molar-refractivity contribution in [3.05, 3.63) is 0 Å². The molecule has 2 rings (SSSR count). The van der Waals surface area contributed by atoms with Gasteiger partial charge in [-0.15, -0.1) is 0 Å². The quantitative estimate of drug-likeness (QED) is 0.139. The minimum atomic E-state index is -1.71. The number of hydrogen-bond acceptors (Lipinski definition) is 14. The number of esters is 3. The van der Waals surface area contributed by atoms with Crippen molar-refractivity contribution in [2.24, 2.45) is 0 Å². The molecule has 38 heavy (non-hydrogen) atoms. The van der Waals surface area contributed by atoms with E-state index < -0.39 is 104 Å². The molecule has 10 unspecified atom stereocenters. The number of carbonyl (C=O) groups excluding carboxylic acids is 5. The van der Waals surface area contributed by atoms with Crippen LogP contribution < -0.4 is 10.6 Å². The predicted octanol–water partition coefficient (Wildman–Crippen LogP) is -3.40. The molecule has 2 aliphatic rings. The van der Waals surface area contributed by atoms with E-state index in [1.54, 1.807) is 0 Å². The number of amides is 2. The normalized spacial score (nSPS) is 34.9. The number of ether oxygens (including phenoxy) is 6. The molecule has 5 N–H and O–H groups in total. The highest BCUT2D eigenvalue weighted by Crippen LogP contribution is 2.31. The van der Waals surface area contributed by atoms with Crippen molar-refractivity contribution in [1.29, 1.82) is 0 Å². The highest BCUT2D eigenvalue weighted by molar-refractivity contribution is 5.74. The maximum absolute atomic E-state index is 12.1. The summed E-state index contributed by atoms with van der Waals surface area (Å²) in [6, 6.07) is -2.73. The van der Waals surface area contributed by atoms with Crippen LogP contribution in [0.15, 0.2) is 0 Å². The van der Waals surface area contributed by atoms with Crippen molar-refractivity contribution in [2.75, 3.05) is 13.2 Å². The van der Waals surface area contributed by atoms with Crippen LogP contribution in [0.2, 0.25) is 0 Å². The van der Waals surface area contributed by atoms with Crippen molar-refractivity contribution >= 4 is 29.7 Å². The molecule has 0 aromatic rings. The summed E-state index contributed by atoms with van der Waals surface area (Å²) < 4.78 is 32.8. The molecular formula is C22H34N2O14. The number of nitrogens with one attached hydrogen (secondary N) is 2. The Bertz CT molecular complexity index is 884. The Labute approximate surface area is 217 Å². The lowest BCUT2D eigenvalue weighted by molar-refractivity contribution is -0.329. The molecule has 0 aromatic heterocycles. The smallest absolute Gasteiger partial charge is 0.303 e. The molecule has 216 valence electrons. The van der Waals surface area contributed by atoms with E-state index in [9.17, 15) is 39.3 Å². The van der Waals surface area contributed by atoms with Crippen molar-refractivity contribution in [3.63, 3.8) is 0 Å². The van der Waals surface area contributed by atoms with E-state index in [0.29, 0.717) is 0 Å². The van der Waals surface area contributed by atoms with Gasteiger partial charge >= 0.3 is 17.9 Å².